The summed E-state index contributed by atoms with van der Waals surface area (Å²) in [6.45, 7) is 4.79. The summed E-state index contributed by atoms with van der Waals surface area (Å²) in [5.41, 5.74) is 4.19. The lowest BCUT2D eigenvalue weighted by Gasteiger charge is -2.48. The van der Waals surface area contributed by atoms with Crippen molar-refractivity contribution in [1.82, 2.24) is 15.2 Å². The van der Waals surface area contributed by atoms with Crippen LogP contribution in [0.25, 0.3) is 6.08 Å². The van der Waals surface area contributed by atoms with E-state index in [-0.39, 0.29) is 34.0 Å². The molecular weight excluding hydrogens is 662 g/mol. The highest BCUT2D eigenvalue weighted by Crippen LogP contribution is 2.41. The van der Waals surface area contributed by atoms with Gasteiger partial charge in [-0.15, -0.1) is 23.1 Å². The van der Waals surface area contributed by atoms with Crippen LogP contribution in [0.3, 0.4) is 0 Å². The maximum atomic E-state index is 13.3. The zero-order valence-electron chi connectivity index (χ0n) is 25.0. The molecule has 19 heteroatoms. The zero-order chi connectivity index (χ0) is 34.6. The van der Waals surface area contributed by atoms with E-state index in [0.717, 1.165) is 16.2 Å². The number of carbonyl (C=O) groups excluding carboxylic acids is 4. The van der Waals surface area contributed by atoms with Crippen LogP contribution in [0.2, 0.25) is 0 Å². The fraction of sp³-hybridized carbons (Fsp3) is 0.286. The van der Waals surface area contributed by atoms with Gasteiger partial charge in [0.05, 0.1) is 0 Å². The predicted molar refractivity (Wildman–Crippen MR) is 165 cm³/mol. The van der Waals surface area contributed by atoms with Crippen LogP contribution in [-0.4, -0.2) is 84.5 Å². The fourth-order valence-electron chi connectivity index (χ4n) is 4.00. The van der Waals surface area contributed by atoms with Crippen LogP contribution in [0.1, 0.15) is 39.0 Å². The minimum Gasteiger partial charge on any atom is -0.478 e. The molecule has 2 aliphatic rings. The maximum Gasteiger partial charge on any atom is 0.512 e. The van der Waals surface area contributed by atoms with E-state index in [0.29, 0.717) is 11.1 Å². The van der Waals surface area contributed by atoms with Crippen LogP contribution in [0.5, 0.6) is 11.5 Å². The third-order valence-corrected chi connectivity index (χ3v) is 8.20. The number of benzene rings is 1. The van der Waals surface area contributed by atoms with Gasteiger partial charge >= 0.3 is 24.1 Å². The molecule has 2 aromatic rings. The van der Waals surface area contributed by atoms with Gasteiger partial charge in [-0.05, 0) is 31.5 Å². The van der Waals surface area contributed by atoms with Crippen molar-refractivity contribution < 1.29 is 58.0 Å². The van der Waals surface area contributed by atoms with E-state index in [2.05, 4.69) is 15.5 Å². The van der Waals surface area contributed by atoms with Gasteiger partial charge in [-0.1, -0.05) is 23.4 Å². The van der Waals surface area contributed by atoms with Gasteiger partial charge in [0.1, 0.15) is 17.1 Å². The largest absolute Gasteiger partial charge is 0.512 e. The number of carbonyl (C=O) groups is 6. The minimum atomic E-state index is -1.81. The van der Waals surface area contributed by atoms with Crippen LogP contribution >= 0.6 is 23.1 Å². The second-order valence-corrected chi connectivity index (χ2v) is 12.2. The lowest BCUT2D eigenvalue weighted by atomic mass is 10.0. The molecular formula is C28H27N5O12S2. The number of nitrogens with two attached hydrogens (primary N) is 1. The maximum absolute atomic E-state index is 13.3. The monoisotopic (exact) mass is 689 g/mol. The van der Waals surface area contributed by atoms with Gasteiger partial charge in [0, 0.05) is 30.6 Å². The van der Waals surface area contributed by atoms with Crippen LogP contribution in [0.4, 0.5) is 9.93 Å². The number of oxime groups is 1. The van der Waals surface area contributed by atoms with E-state index < -0.39 is 58.6 Å². The highest BCUT2D eigenvalue weighted by molar-refractivity contribution is 8.00. The number of fused-ring (bicyclic) bond motifs is 1. The molecule has 0 saturated carbocycles. The molecule has 47 heavy (non-hydrogen) atoms. The number of thioether (sulfide) groups is 1. The first-order chi connectivity index (χ1) is 22.1. The Balaban J connectivity index is 1.58. The van der Waals surface area contributed by atoms with Crippen molar-refractivity contribution in [1.29, 1.82) is 0 Å². The third kappa shape index (κ3) is 8.05. The summed E-state index contributed by atoms with van der Waals surface area (Å²) in [4.78, 5) is 82.7. The van der Waals surface area contributed by atoms with Gasteiger partial charge in [-0.25, -0.2) is 14.6 Å². The lowest BCUT2D eigenvalue weighted by molar-refractivity contribution is -0.161. The first-order valence-corrected chi connectivity index (χ1v) is 15.3. The topological polar surface area (TPSA) is 246 Å². The molecule has 2 atom stereocenters. The number of esters is 2. The number of aliphatic carboxylic acids is 1. The first kappa shape index (κ1) is 34.4. The Morgan fingerprint density at radius 2 is 1.77 bits per heavy atom. The number of carboxylic acids is 1. The Labute approximate surface area is 274 Å². The van der Waals surface area contributed by atoms with Crippen molar-refractivity contribution in [2.75, 3.05) is 11.5 Å². The third-order valence-electron chi connectivity index (χ3n) is 6.23. The average molecular weight is 690 g/mol. The summed E-state index contributed by atoms with van der Waals surface area (Å²) in [5, 5.41) is 25.7. The van der Waals surface area contributed by atoms with Crippen LogP contribution in [0.15, 0.2) is 46.3 Å². The van der Waals surface area contributed by atoms with Crippen LogP contribution in [0, 0.1) is 0 Å². The van der Waals surface area contributed by atoms with E-state index in [1.807, 2.05) is 0 Å². The van der Waals surface area contributed by atoms with E-state index in [1.165, 1.54) is 69.1 Å². The van der Waals surface area contributed by atoms with Gasteiger partial charge in [0.25, 0.3) is 11.8 Å². The Morgan fingerprint density at radius 1 is 1.09 bits per heavy atom. The quantitative estimate of drug-likeness (QED) is 0.0868. The number of aromatic nitrogens is 1. The Bertz CT molecular complexity index is 1750. The van der Waals surface area contributed by atoms with Crippen molar-refractivity contribution in [3.63, 3.8) is 0 Å². The van der Waals surface area contributed by atoms with Crippen molar-refractivity contribution >= 4 is 75.9 Å². The minimum absolute atomic E-state index is 0.0119. The van der Waals surface area contributed by atoms with Gasteiger partial charge in [-0.3, -0.25) is 24.1 Å². The fourth-order valence-corrected chi connectivity index (χ4v) is 5.84. The van der Waals surface area contributed by atoms with Crippen LogP contribution < -0.4 is 20.5 Å². The summed E-state index contributed by atoms with van der Waals surface area (Å²) in [6, 6.07) is 3.23. The molecule has 1 aromatic carbocycles. The van der Waals surface area contributed by atoms with E-state index >= 15 is 0 Å². The summed E-state index contributed by atoms with van der Waals surface area (Å²) in [6.07, 6.45) is 1.35. The molecule has 0 radical (unpaired) electrons. The van der Waals surface area contributed by atoms with Crippen molar-refractivity contribution in [3.8, 4) is 11.5 Å². The molecule has 2 aliphatic heterocycles. The molecule has 5 N–H and O–H groups in total. The number of anilines is 1. The summed E-state index contributed by atoms with van der Waals surface area (Å²) >= 11 is 2.18. The van der Waals surface area contributed by atoms with Crippen molar-refractivity contribution in [2.45, 2.75) is 44.7 Å². The zero-order valence-corrected chi connectivity index (χ0v) is 26.7. The van der Waals surface area contributed by atoms with Crippen molar-refractivity contribution in [3.05, 3.63) is 52.4 Å². The van der Waals surface area contributed by atoms with Gasteiger partial charge in [-0.2, -0.15) is 0 Å². The van der Waals surface area contributed by atoms with E-state index in [4.69, 9.17) is 24.8 Å². The predicted octanol–water partition coefficient (Wildman–Crippen LogP) is 2.18. The molecule has 17 nitrogen and oxygen atoms in total. The Kier molecular flexibility index (Phi) is 10.2. The number of nitrogens with one attached hydrogen (secondary N) is 1. The molecule has 0 spiro atoms. The number of nitrogen functional groups attached to an aromatic ring is 1. The Morgan fingerprint density at radius 3 is 2.36 bits per heavy atom. The molecule has 0 aliphatic carbocycles. The smallest absolute Gasteiger partial charge is 0.478 e. The molecule has 0 unspecified atom stereocenters. The SMILES string of the molecule is CC(=O)Oc1ccc(C=CC2=C(OC(=O)O)N3C(=O)[C@@H](NC(=O)/C(=N\OC(C)(C)C(=O)O)c4csc(N)n4)[C@H]3SC2)cc1OC(C)=O. The number of thiazole rings is 1. The van der Waals surface area contributed by atoms with E-state index in [1.54, 1.807) is 6.07 Å². The number of nitrogens with zero attached hydrogens (tertiary/aromatic N) is 3. The average Bonchev–Trinajstić information content (AvgIpc) is 3.40. The molecule has 248 valence electrons. The standard InChI is InChI=1S/C28H27N5O12S2/c1-12(34)42-17-8-6-14(9-18(17)43-13(2)35)5-7-15-10-46-24-20(22(37)33(24)23(15)44-27(40)41)31-21(36)19(16-11-47-26(29)30-16)32-45-28(3,4)25(38)39/h5-9,11,20,24H,10H2,1-4H3,(H2,29,30)(H,31,36)(H,38,39)(H,40,41)/b7-5?,32-19-/t20-,24-/m1/s1. The van der Waals surface area contributed by atoms with Crippen LogP contribution in [-0.2, 0) is 33.5 Å². The highest BCUT2D eigenvalue weighted by Gasteiger charge is 2.54. The van der Waals surface area contributed by atoms with Gasteiger partial charge < -0.3 is 40.3 Å². The molecule has 4 rings (SSSR count). The Hall–Kier alpha value is -5.43. The van der Waals surface area contributed by atoms with Crippen molar-refractivity contribution in [2.24, 2.45) is 5.16 Å². The number of hydrogen-bond acceptors (Lipinski definition) is 15. The number of ether oxygens (including phenoxy) is 3. The highest BCUT2D eigenvalue weighted by atomic mass is 32.2. The van der Waals surface area contributed by atoms with Gasteiger partial charge in [0.2, 0.25) is 11.5 Å². The molecule has 3 heterocycles. The molecule has 1 saturated heterocycles. The molecule has 1 fully saturated rings. The lowest BCUT2D eigenvalue weighted by Crippen LogP contribution is -2.70. The molecule has 1 aromatic heterocycles. The number of hydrogen-bond donors (Lipinski definition) is 4. The number of amides is 2. The number of rotatable bonds is 11. The van der Waals surface area contributed by atoms with E-state index in [9.17, 15) is 39.0 Å². The van der Waals surface area contributed by atoms with Gasteiger partial charge in [0.15, 0.2) is 22.3 Å². The summed E-state index contributed by atoms with van der Waals surface area (Å²) in [5.74, 6) is -4.42. The second kappa shape index (κ2) is 13.9. The number of allylic oxidation sites excluding steroid dienone is 1. The molecule has 2 amide bonds. The number of carboxylic acid groups (broad SMARTS) is 2. The summed E-state index contributed by atoms with van der Waals surface area (Å²) < 4.78 is 15.2. The molecule has 0 bridgehead atoms. The first-order valence-electron chi connectivity index (χ1n) is 13.4. The summed E-state index contributed by atoms with van der Waals surface area (Å²) in [7, 11) is 0. The normalized spacial score (nSPS) is 17.8. The second-order valence-electron chi connectivity index (χ2n) is 10.2. The number of β-lactam (4-membered cyclic amide) rings is 1.